The summed E-state index contributed by atoms with van der Waals surface area (Å²) in [5.41, 5.74) is 7.44. The standard InChI is InChI=1S/C17H25N3O2/c18-16-3-1-14(2-4-16)11-17(21)20-8-6-19(7-9-20)12-15-5-10-22-13-15/h1-4,15H,5-13,18H2. The second kappa shape index (κ2) is 7.11. The Balaban J connectivity index is 1.44. The third-order valence-corrected chi connectivity index (χ3v) is 4.60. The zero-order chi connectivity index (χ0) is 15.4. The molecular weight excluding hydrogens is 278 g/mol. The molecule has 2 fully saturated rings. The molecule has 0 bridgehead atoms. The number of nitrogen functional groups attached to an aromatic ring is 1. The maximum atomic E-state index is 12.4. The number of amides is 1. The molecule has 22 heavy (non-hydrogen) atoms. The van der Waals surface area contributed by atoms with Crippen molar-refractivity contribution in [2.45, 2.75) is 12.8 Å². The number of ether oxygens (including phenoxy) is 1. The van der Waals surface area contributed by atoms with Gasteiger partial charge in [0.15, 0.2) is 0 Å². The number of anilines is 1. The van der Waals surface area contributed by atoms with Gasteiger partial charge in [0.2, 0.25) is 5.91 Å². The molecule has 2 aliphatic heterocycles. The SMILES string of the molecule is Nc1ccc(CC(=O)N2CCN(CC3CCOC3)CC2)cc1. The predicted molar refractivity (Wildman–Crippen MR) is 86.5 cm³/mol. The van der Waals surface area contributed by atoms with Gasteiger partial charge in [0, 0.05) is 45.0 Å². The van der Waals surface area contributed by atoms with E-state index in [4.69, 9.17) is 10.5 Å². The Morgan fingerprint density at radius 3 is 2.55 bits per heavy atom. The van der Waals surface area contributed by atoms with Crippen LogP contribution in [0.15, 0.2) is 24.3 Å². The first-order valence-electron chi connectivity index (χ1n) is 8.13. The minimum absolute atomic E-state index is 0.216. The van der Waals surface area contributed by atoms with Gasteiger partial charge in [-0.15, -0.1) is 0 Å². The number of rotatable bonds is 4. The van der Waals surface area contributed by atoms with E-state index in [0.717, 1.165) is 57.2 Å². The van der Waals surface area contributed by atoms with E-state index < -0.39 is 0 Å². The van der Waals surface area contributed by atoms with Crippen LogP contribution in [-0.2, 0) is 16.0 Å². The van der Waals surface area contributed by atoms with Crippen LogP contribution in [0.5, 0.6) is 0 Å². The average molecular weight is 303 g/mol. The highest BCUT2D eigenvalue weighted by Crippen LogP contribution is 2.15. The van der Waals surface area contributed by atoms with E-state index in [9.17, 15) is 4.79 Å². The Labute approximate surface area is 132 Å². The van der Waals surface area contributed by atoms with E-state index in [1.807, 2.05) is 29.2 Å². The molecule has 2 N–H and O–H groups in total. The third kappa shape index (κ3) is 3.99. The Bertz CT molecular complexity index is 489. The van der Waals surface area contributed by atoms with Gasteiger partial charge < -0.3 is 15.4 Å². The highest BCUT2D eigenvalue weighted by molar-refractivity contribution is 5.79. The Kier molecular flexibility index (Phi) is 4.95. The average Bonchev–Trinajstić information content (AvgIpc) is 3.03. The van der Waals surface area contributed by atoms with Gasteiger partial charge in [0.05, 0.1) is 13.0 Å². The van der Waals surface area contributed by atoms with Gasteiger partial charge in [-0.25, -0.2) is 0 Å². The van der Waals surface area contributed by atoms with Gasteiger partial charge in [0.1, 0.15) is 0 Å². The molecule has 2 aliphatic rings. The molecule has 1 amide bonds. The van der Waals surface area contributed by atoms with E-state index in [0.29, 0.717) is 12.3 Å². The van der Waals surface area contributed by atoms with Crippen molar-refractivity contribution in [3.63, 3.8) is 0 Å². The number of nitrogens with two attached hydrogens (primary N) is 1. The molecule has 1 aromatic carbocycles. The van der Waals surface area contributed by atoms with E-state index in [1.54, 1.807) is 0 Å². The molecule has 2 saturated heterocycles. The molecule has 0 radical (unpaired) electrons. The first-order chi connectivity index (χ1) is 10.7. The number of carbonyl (C=O) groups is 1. The normalized spacial score (nSPS) is 22.9. The third-order valence-electron chi connectivity index (χ3n) is 4.60. The first-order valence-corrected chi connectivity index (χ1v) is 8.13. The maximum Gasteiger partial charge on any atom is 0.227 e. The molecule has 5 nitrogen and oxygen atoms in total. The van der Waals surface area contributed by atoms with Gasteiger partial charge in [-0.3, -0.25) is 9.69 Å². The van der Waals surface area contributed by atoms with E-state index >= 15 is 0 Å². The molecule has 2 heterocycles. The van der Waals surface area contributed by atoms with Crippen LogP contribution in [-0.4, -0.2) is 61.6 Å². The number of benzene rings is 1. The van der Waals surface area contributed by atoms with Crippen LogP contribution in [0, 0.1) is 5.92 Å². The molecule has 1 unspecified atom stereocenters. The lowest BCUT2D eigenvalue weighted by atomic mass is 10.1. The summed E-state index contributed by atoms with van der Waals surface area (Å²) < 4.78 is 5.43. The van der Waals surface area contributed by atoms with Crippen molar-refractivity contribution in [2.24, 2.45) is 5.92 Å². The second-order valence-electron chi connectivity index (χ2n) is 6.33. The van der Waals surface area contributed by atoms with Crippen molar-refractivity contribution in [1.82, 2.24) is 9.80 Å². The summed E-state index contributed by atoms with van der Waals surface area (Å²) in [5, 5.41) is 0. The molecule has 0 saturated carbocycles. The molecule has 5 heteroatoms. The fourth-order valence-electron chi connectivity index (χ4n) is 3.19. The van der Waals surface area contributed by atoms with Crippen LogP contribution in [0.3, 0.4) is 0 Å². The molecule has 3 rings (SSSR count). The smallest absolute Gasteiger partial charge is 0.227 e. The first kappa shape index (κ1) is 15.3. The molecule has 0 aliphatic carbocycles. The van der Waals surface area contributed by atoms with Crippen LogP contribution in [0.4, 0.5) is 5.69 Å². The van der Waals surface area contributed by atoms with Crippen molar-refractivity contribution < 1.29 is 9.53 Å². The van der Waals surface area contributed by atoms with Crippen molar-refractivity contribution >= 4 is 11.6 Å². The zero-order valence-corrected chi connectivity index (χ0v) is 13.0. The maximum absolute atomic E-state index is 12.4. The Morgan fingerprint density at radius 1 is 1.18 bits per heavy atom. The number of piperazine rings is 1. The Hall–Kier alpha value is -1.59. The zero-order valence-electron chi connectivity index (χ0n) is 13.0. The van der Waals surface area contributed by atoms with Crippen molar-refractivity contribution in [3.05, 3.63) is 29.8 Å². The van der Waals surface area contributed by atoms with Crippen molar-refractivity contribution in [3.8, 4) is 0 Å². The van der Waals surface area contributed by atoms with Crippen LogP contribution >= 0.6 is 0 Å². The van der Waals surface area contributed by atoms with Gasteiger partial charge >= 0.3 is 0 Å². The fourth-order valence-corrected chi connectivity index (χ4v) is 3.19. The summed E-state index contributed by atoms with van der Waals surface area (Å²) in [6.07, 6.45) is 1.65. The molecule has 1 atom stereocenters. The van der Waals surface area contributed by atoms with Crippen LogP contribution in [0.2, 0.25) is 0 Å². The largest absolute Gasteiger partial charge is 0.399 e. The summed E-state index contributed by atoms with van der Waals surface area (Å²) in [7, 11) is 0. The highest BCUT2D eigenvalue weighted by Gasteiger charge is 2.24. The van der Waals surface area contributed by atoms with Gasteiger partial charge in [0.25, 0.3) is 0 Å². The predicted octanol–water partition coefficient (Wildman–Crippen LogP) is 0.992. The van der Waals surface area contributed by atoms with Gasteiger partial charge in [-0.05, 0) is 30.0 Å². The minimum atomic E-state index is 0.216. The number of hydrogen-bond acceptors (Lipinski definition) is 4. The van der Waals surface area contributed by atoms with E-state index in [1.165, 1.54) is 6.42 Å². The summed E-state index contributed by atoms with van der Waals surface area (Å²) >= 11 is 0. The number of carbonyl (C=O) groups excluding carboxylic acids is 1. The van der Waals surface area contributed by atoms with Crippen LogP contribution < -0.4 is 5.73 Å². The Morgan fingerprint density at radius 2 is 1.91 bits per heavy atom. The van der Waals surface area contributed by atoms with Gasteiger partial charge in [-0.1, -0.05) is 12.1 Å². The summed E-state index contributed by atoms with van der Waals surface area (Å²) in [4.78, 5) is 16.8. The molecule has 1 aromatic rings. The van der Waals surface area contributed by atoms with Crippen molar-refractivity contribution in [2.75, 3.05) is 51.7 Å². The van der Waals surface area contributed by atoms with Gasteiger partial charge in [-0.2, -0.15) is 0 Å². The number of hydrogen-bond donors (Lipinski definition) is 1. The van der Waals surface area contributed by atoms with E-state index in [-0.39, 0.29) is 5.91 Å². The minimum Gasteiger partial charge on any atom is -0.399 e. The summed E-state index contributed by atoms with van der Waals surface area (Å²) in [5.74, 6) is 0.894. The van der Waals surface area contributed by atoms with E-state index in [2.05, 4.69) is 4.90 Å². The van der Waals surface area contributed by atoms with Crippen LogP contribution in [0.25, 0.3) is 0 Å². The topological polar surface area (TPSA) is 58.8 Å². The highest BCUT2D eigenvalue weighted by atomic mass is 16.5. The quantitative estimate of drug-likeness (QED) is 0.843. The summed E-state index contributed by atoms with van der Waals surface area (Å²) in [6, 6.07) is 7.57. The van der Waals surface area contributed by atoms with Crippen molar-refractivity contribution in [1.29, 1.82) is 0 Å². The lowest BCUT2D eigenvalue weighted by molar-refractivity contribution is -0.132. The molecule has 120 valence electrons. The lowest BCUT2D eigenvalue weighted by Crippen LogP contribution is -2.50. The fraction of sp³-hybridized carbons (Fsp3) is 0.588. The number of nitrogens with zero attached hydrogens (tertiary/aromatic N) is 2. The molecular formula is C17H25N3O2. The lowest BCUT2D eigenvalue weighted by Gasteiger charge is -2.35. The van der Waals surface area contributed by atoms with Crippen LogP contribution in [0.1, 0.15) is 12.0 Å². The second-order valence-corrected chi connectivity index (χ2v) is 6.33. The monoisotopic (exact) mass is 303 g/mol. The molecule has 0 spiro atoms. The molecule has 0 aromatic heterocycles. The summed E-state index contributed by atoms with van der Waals surface area (Å²) in [6.45, 7) is 6.54.